The third-order valence-electron chi connectivity index (χ3n) is 6.73. The van der Waals surface area contributed by atoms with Crippen LogP contribution in [0.2, 0.25) is 0 Å². The fraction of sp³-hybridized carbons (Fsp3) is 0.550. The van der Waals surface area contributed by atoms with E-state index in [1.54, 1.807) is 0 Å². The van der Waals surface area contributed by atoms with Crippen LogP contribution in [-0.2, 0) is 14.9 Å². The number of nitrogens with zero attached hydrogens (tertiary/aromatic N) is 2. The van der Waals surface area contributed by atoms with Gasteiger partial charge in [-0.2, -0.15) is 10.5 Å². The molecule has 4 rings (SSSR count). The molecule has 3 atom stereocenters. The van der Waals surface area contributed by atoms with Crippen molar-refractivity contribution < 1.29 is 14.5 Å². The van der Waals surface area contributed by atoms with Crippen LogP contribution in [0.4, 0.5) is 0 Å². The summed E-state index contributed by atoms with van der Waals surface area (Å²) in [5, 5.41) is 20.4. The Morgan fingerprint density at radius 1 is 1.15 bits per heavy atom. The normalized spacial score (nSPS) is 36.9. The van der Waals surface area contributed by atoms with Gasteiger partial charge in [-0.15, -0.1) is 0 Å². The molecule has 1 aromatic rings. The molecule has 134 valence electrons. The SMILES string of the molecule is CC(C)(C[C@]1(C)[C@]2(C#N)C(N)=[NH+]C3(OCCO3)[C@]12C#N)c1ccccc1. The molecule has 1 saturated carbocycles. The summed E-state index contributed by atoms with van der Waals surface area (Å²) in [6, 6.07) is 14.9. The Balaban J connectivity index is 1.83. The van der Waals surface area contributed by atoms with E-state index in [9.17, 15) is 10.5 Å². The molecular formula is C20H23N4O2+. The van der Waals surface area contributed by atoms with E-state index in [0.29, 0.717) is 19.6 Å². The molecule has 0 radical (unpaired) electrons. The van der Waals surface area contributed by atoms with Crippen LogP contribution in [0.1, 0.15) is 32.8 Å². The van der Waals surface area contributed by atoms with Crippen LogP contribution in [0.25, 0.3) is 0 Å². The molecule has 1 aliphatic carbocycles. The maximum Gasteiger partial charge on any atom is 0.343 e. The first kappa shape index (κ1) is 17.0. The van der Waals surface area contributed by atoms with E-state index in [1.807, 2.05) is 25.1 Å². The monoisotopic (exact) mass is 351 g/mol. The van der Waals surface area contributed by atoms with E-state index in [1.165, 1.54) is 0 Å². The van der Waals surface area contributed by atoms with E-state index >= 15 is 0 Å². The highest BCUT2D eigenvalue weighted by Crippen LogP contribution is 2.84. The Hall–Kier alpha value is -2.41. The van der Waals surface area contributed by atoms with E-state index in [2.05, 4.69) is 43.1 Å². The van der Waals surface area contributed by atoms with Gasteiger partial charge in [0.1, 0.15) is 0 Å². The summed E-state index contributed by atoms with van der Waals surface area (Å²) in [5.74, 6) is -1.07. The van der Waals surface area contributed by atoms with Gasteiger partial charge in [0, 0.05) is 5.41 Å². The van der Waals surface area contributed by atoms with Gasteiger partial charge in [0.05, 0.1) is 25.4 Å². The smallest absolute Gasteiger partial charge is 0.311 e. The molecule has 1 spiro atoms. The molecule has 2 fully saturated rings. The topological polar surface area (TPSA) is 106 Å². The summed E-state index contributed by atoms with van der Waals surface area (Å²) < 4.78 is 11.7. The van der Waals surface area contributed by atoms with Gasteiger partial charge >= 0.3 is 5.91 Å². The zero-order valence-corrected chi connectivity index (χ0v) is 15.3. The van der Waals surface area contributed by atoms with Gasteiger partial charge in [-0.1, -0.05) is 51.1 Å². The Morgan fingerprint density at radius 2 is 1.77 bits per heavy atom. The zero-order valence-electron chi connectivity index (χ0n) is 15.3. The van der Waals surface area contributed by atoms with Crippen LogP contribution in [0.15, 0.2) is 30.3 Å². The highest BCUT2D eigenvalue weighted by molar-refractivity contribution is 5.94. The van der Waals surface area contributed by atoms with E-state index in [4.69, 9.17) is 15.2 Å². The number of nitrogens with two attached hydrogens (primary N) is 1. The second kappa shape index (κ2) is 4.85. The first-order valence-corrected chi connectivity index (χ1v) is 8.84. The summed E-state index contributed by atoms with van der Waals surface area (Å²) in [6.07, 6.45) is 0.599. The minimum absolute atomic E-state index is 0.256. The van der Waals surface area contributed by atoms with Crippen LogP contribution in [0.3, 0.4) is 0 Å². The van der Waals surface area contributed by atoms with Crippen LogP contribution in [0.5, 0.6) is 0 Å². The van der Waals surface area contributed by atoms with Gasteiger partial charge in [-0.3, -0.25) is 5.73 Å². The predicted octanol–water partition coefficient (Wildman–Crippen LogP) is 0.546. The number of rotatable bonds is 3. The average molecular weight is 351 g/mol. The van der Waals surface area contributed by atoms with Gasteiger partial charge in [0.15, 0.2) is 10.8 Å². The minimum Gasteiger partial charge on any atom is -0.311 e. The fourth-order valence-corrected chi connectivity index (χ4v) is 5.65. The summed E-state index contributed by atoms with van der Waals surface area (Å²) in [7, 11) is 0. The van der Waals surface area contributed by atoms with Crippen LogP contribution < -0.4 is 10.7 Å². The molecule has 0 aromatic heterocycles. The van der Waals surface area contributed by atoms with Crippen LogP contribution in [0, 0.1) is 38.9 Å². The van der Waals surface area contributed by atoms with Gasteiger partial charge in [0.25, 0.3) is 5.84 Å². The highest BCUT2D eigenvalue weighted by atomic mass is 16.8. The summed E-state index contributed by atoms with van der Waals surface area (Å²) in [5.41, 5.74) is 4.14. The van der Waals surface area contributed by atoms with Crippen LogP contribution in [-0.4, -0.2) is 25.0 Å². The number of nitriles is 2. The number of amidine groups is 1. The van der Waals surface area contributed by atoms with Crippen molar-refractivity contribution >= 4 is 5.84 Å². The van der Waals surface area contributed by atoms with Crippen molar-refractivity contribution in [3.8, 4) is 12.1 Å². The van der Waals surface area contributed by atoms with Crippen LogP contribution >= 0.6 is 0 Å². The minimum atomic E-state index is -1.34. The van der Waals surface area contributed by atoms with Crippen molar-refractivity contribution in [3.05, 3.63) is 35.9 Å². The lowest BCUT2D eigenvalue weighted by molar-refractivity contribution is -0.678. The van der Waals surface area contributed by atoms with Gasteiger partial charge < -0.3 is 9.47 Å². The average Bonchev–Trinajstić information content (AvgIpc) is 2.91. The predicted molar refractivity (Wildman–Crippen MR) is 93.1 cm³/mol. The number of ether oxygens (including phenoxy) is 2. The Bertz CT molecular complexity index is 875. The second-order valence-electron chi connectivity index (χ2n) is 8.33. The quantitative estimate of drug-likeness (QED) is 0.827. The maximum atomic E-state index is 10.2. The van der Waals surface area contributed by atoms with Gasteiger partial charge in [-0.25, -0.2) is 4.99 Å². The van der Waals surface area contributed by atoms with Crippen molar-refractivity contribution in [2.45, 2.75) is 38.5 Å². The Morgan fingerprint density at radius 3 is 2.31 bits per heavy atom. The third kappa shape index (κ3) is 1.52. The lowest BCUT2D eigenvalue weighted by Gasteiger charge is -2.33. The van der Waals surface area contributed by atoms with Crippen molar-refractivity contribution in [2.75, 3.05) is 13.2 Å². The molecule has 26 heavy (non-hydrogen) atoms. The zero-order chi connectivity index (χ0) is 18.8. The molecule has 1 aromatic carbocycles. The third-order valence-corrected chi connectivity index (χ3v) is 6.73. The molecular weight excluding hydrogens is 328 g/mol. The van der Waals surface area contributed by atoms with Gasteiger partial charge in [-0.05, 0) is 17.4 Å². The van der Waals surface area contributed by atoms with E-state index in [-0.39, 0.29) is 11.3 Å². The number of nitrogens with one attached hydrogen (secondary N) is 1. The van der Waals surface area contributed by atoms with Gasteiger partial charge in [0.2, 0.25) is 0 Å². The number of hydrogen-bond donors (Lipinski definition) is 2. The van der Waals surface area contributed by atoms with Crippen molar-refractivity contribution in [1.29, 1.82) is 10.5 Å². The molecule has 1 saturated heterocycles. The standard InChI is InChI=1S/C20H22N4O2/c1-16(2,14-7-5-4-6-8-14)11-17(3)18(12-21)15(23)24-20(19(17,18)13-22)25-9-10-26-20/h4-8H,9-11H2,1-3H3,(H2,23,24)/p+1/t17-,18+,19-/m1/s1. The molecule has 2 aliphatic heterocycles. The first-order chi connectivity index (χ1) is 12.3. The Labute approximate surface area is 153 Å². The first-order valence-electron chi connectivity index (χ1n) is 8.84. The number of hydrogen-bond acceptors (Lipinski definition) is 5. The maximum absolute atomic E-state index is 10.2. The number of fused-ring (bicyclic) bond motifs is 2. The molecule has 0 bridgehead atoms. The van der Waals surface area contributed by atoms with Crippen molar-refractivity contribution in [1.82, 2.24) is 0 Å². The molecule has 6 nitrogen and oxygen atoms in total. The lowest BCUT2D eigenvalue weighted by Crippen LogP contribution is -2.90. The Kier molecular flexibility index (Phi) is 3.18. The lowest BCUT2D eigenvalue weighted by atomic mass is 9.72. The molecule has 3 aliphatic rings. The largest absolute Gasteiger partial charge is 0.343 e. The van der Waals surface area contributed by atoms with E-state index < -0.39 is 22.2 Å². The highest BCUT2D eigenvalue weighted by Gasteiger charge is 3.02. The van der Waals surface area contributed by atoms with Crippen molar-refractivity contribution in [2.24, 2.45) is 22.0 Å². The summed E-state index contributed by atoms with van der Waals surface area (Å²) in [4.78, 5) is 3.00. The summed E-state index contributed by atoms with van der Waals surface area (Å²) >= 11 is 0. The van der Waals surface area contributed by atoms with E-state index in [0.717, 1.165) is 5.56 Å². The second-order valence-corrected chi connectivity index (χ2v) is 8.33. The molecule has 0 amide bonds. The number of benzene rings is 1. The molecule has 0 unspecified atom stereocenters. The summed E-state index contributed by atoms with van der Waals surface area (Å²) in [6.45, 7) is 6.95. The molecule has 3 N–H and O–H groups in total. The molecule has 2 heterocycles. The molecule has 6 heteroatoms. The van der Waals surface area contributed by atoms with Crippen molar-refractivity contribution in [3.63, 3.8) is 0 Å². The fourth-order valence-electron chi connectivity index (χ4n) is 5.65.